The molecule has 7 nitrogen and oxygen atoms in total. The van der Waals surface area contributed by atoms with E-state index in [0.29, 0.717) is 21.9 Å². The van der Waals surface area contributed by atoms with Gasteiger partial charge in [0, 0.05) is 17.4 Å². The molecular weight excluding hydrogens is 368 g/mol. The van der Waals surface area contributed by atoms with Gasteiger partial charge in [0.05, 0.1) is 18.0 Å². The molecule has 0 saturated carbocycles. The predicted molar refractivity (Wildman–Crippen MR) is 99.9 cm³/mol. The maximum absolute atomic E-state index is 12.1. The van der Waals surface area contributed by atoms with E-state index in [1.165, 1.54) is 30.9 Å². The van der Waals surface area contributed by atoms with Crippen molar-refractivity contribution in [2.75, 3.05) is 0 Å². The maximum Gasteiger partial charge on any atom is 0.343 e. The minimum absolute atomic E-state index is 0.165. The van der Waals surface area contributed by atoms with Gasteiger partial charge in [-0.25, -0.2) is 15.2 Å². The molecule has 134 valence electrons. The lowest BCUT2D eigenvalue weighted by atomic mass is 10.2. The van der Waals surface area contributed by atoms with Gasteiger partial charge >= 0.3 is 5.97 Å². The van der Waals surface area contributed by atoms with E-state index in [4.69, 9.17) is 16.3 Å². The Labute approximate surface area is 159 Å². The van der Waals surface area contributed by atoms with Crippen LogP contribution in [0.3, 0.4) is 0 Å². The van der Waals surface area contributed by atoms with Crippen LogP contribution in [0, 0.1) is 0 Å². The highest BCUT2D eigenvalue weighted by molar-refractivity contribution is 6.30. The Morgan fingerprint density at radius 2 is 1.93 bits per heavy atom. The predicted octanol–water partition coefficient (Wildman–Crippen LogP) is 3.11. The number of amides is 1. The SMILES string of the molecule is O=C(Oc1ccc(/C=N/NC(=O)c2cnccn2)cc1)c1cccc(Cl)c1. The number of ether oxygens (including phenoxy) is 1. The minimum Gasteiger partial charge on any atom is -0.423 e. The molecule has 8 heteroatoms. The van der Waals surface area contributed by atoms with Crippen LogP contribution < -0.4 is 10.2 Å². The summed E-state index contributed by atoms with van der Waals surface area (Å²) in [4.78, 5) is 31.5. The molecule has 27 heavy (non-hydrogen) atoms. The second-order valence-corrected chi connectivity index (χ2v) is 5.70. The van der Waals surface area contributed by atoms with Crippen molar-refractivity contribution in [2.45, 2.75) is 0 Å². The van der Waals surface area contributed by atoms with Crippen molar-refractivity contribution in [2.24, 2.45) is 5.10 Å². The van der Waals surface area contributed by atoms with Crippen LogP contribution in [0.4, 0.5) is 0 Å². The quantitative estimate of drug-likeness (QED) is 0.317. The van der Waals surface area contributed by atoms with Gasteiger partial charge in [0.2, 0.25) is 0 Å². The van der Waals surface area contributed by atoms with Crippen LogP contribution in [0.25, 0.3) is 0 Å². The average molecular weight is 381 g/mol. The van der Waals surface area contributed by atoms with Crippen molar-refractivity contribution in [3.05, 3.63) is 89.0 Å². The number of carbonyl (C=O) groups excluding carboxylic acids is 2. The molecule has 0 unspecified atom stereocenters. The molecule has 1 amide bonds. The Morgan fingerprint density at radius 1 is 1.11 bits per heavy atom. The van der Waals surface area contributed by atoms with Gasteiger partial charge < -0.3 is 4.74 Å². The van der Waals surface area contributed by atoms with Gasteiger partial charge in [-0.1, -0.05) is 17.7 Å². The number of benzene rings is 2. The molecule has 1 aromatic heterocycles. The van der Waals surface area contributed by atoms with E-state index in [-0.39, 0.29) is 5.69 Å². The number of halogens is 1. The number of rotatable bonds is 5. The summed E-state index contributed by atoms with van der Waals surface area (Å²) in [6.45, 7) is 0. The minimum atomic E-state index is -0.504. The monoisotopic (exact) mass is 380 g/mol. The summed E-state index contributed by atoms with van der Waals surface area (Å²) >= 11 is 5.86. The number of carbonyl (C=O) groups is 2. The van der Waals surface area contributed by atoms with Crippen LogP contribution in [0.5, 0.6) is 5.75 Å². The fourth-order valence-electron chi connectivity index (χ4n) is 2.04. The van der Waals surface area contributed by atoms with E-state index in [0.717, 1.165) is 0 Å². The number of nitrogens with one attached hydrogen (secondary N) is 1. The molecule has 2 aromatic carbocycles. The third-order valence-electron chi connectivity index (χ3n) is 3.33. The molecule has 0 saturated heterocycles. The summed E-state index contributed by atoms with van der Waals surface area (Å²) in [5, 5.41) is 4.31. The Kier molecular flexibility index (Phi) is 5.86. The lowest BCUT2D eigenvalue weighted by molar-refractivity contribution is 0.0734. The van der Waals surface area contributed by atoms with E-state index in [1.54, 1.807) is 42.5 Å². The summed E-state index contributed by atoms with van der Waals surface area (Å²) < 4.78 is 5.28. The van der Waals surface area contributed by atoms with E-state index in [9.17, 15) is 9.59 Å². The smallest absolute Gasteiger partial charge is 0.343 e. The Bertz CT molecular complexity index is 976. The van der Waals surface area contributed by atoms with Gasteiger partial charge in [0.1, 0.15) is 11.4 Å². The molecule has 0 aliphatic rings. The summed E-state index contributed by atoms with van der Waals surface area (Å²) in [6.07, 6.45) is 5.69. The summed E-state index contributed by atoms with van der Waals surface area (Å²) in [6, 6.07) is 13.1. The van der Waals surface area contributed by atoms with Gasteiger partial charge in [0.15, 0.2) is 0 Å². The topological polar surface area (TPSA) is 93.5 Å². The van der Waals surface area contributed by atoms with Gasteiger partial charge in [-0.05, 0) is 48.0 Å². The third kappa shape index (κ3) is 5.20. The van der Waals surface area contributed by atoms with Gasteiger partial charge in [-0.3, -0.25) is 9.78 Å². The van der Waals surface area contributed by atoms with E-state index >= 15 is 0 Å². The van der Waals surface area contributed by atoms with E-state index in [1.807, 2.05) is 0 Å². The molecule has 0 aliphatic heterocycles. The molecule has 0 bridgehead atoms. The molecule has 1 N–H and O–H groups in total. The van der Waals surface area contributed by atoms with Crippen LogP contribution in [0.15, 0.2) is 72.2 Å². The van der Waals surface area contributed by atoms with Crippen molar-refractivity contribution in [1.82, 2.24) is 15.4 Å². The first-order chi connectivity index (χ1) is 13.1. The molecule has 0 atom stereocenters. The lowest BCUT2D eigenvalue weighted by Crippen LogP contribution is -2.19. The maximum atomic E-state index is 12.1. The zero-order chi connectivity index (χ0) is 19.1. The fraction of sp³-hybridized carbons (Fsp3) is 0. The molecular formula is C19H13ClN4O3. The van der Waals surface area contributed by atoms with Crippen LogP contribution >= 0.6 is 11.6 Å². The number of hydrogen-bond acceptors (Lipinski definition) is 6. The van der Waals surface area contributed by atoms with Crippen LogP contribution in [-0.4, -0.2) is 28.1 Å². The molecule has 3 aromatic rings. The number of aromatic nitrogens is 2. The normalized spacial score (nSPS) is 10.6. The first kappa shape index (κ1) is 18.2. The van der Waals surface area contributed by atoms with Crippen LogP contribution in [0.1, 0.15) is 26.4 Å². The molecule has 0 radical (unpaired) electrons. The Balaban J connectivity index is 1.57. The Hall–Kier alpha value is -3.58. The fourth-order valence-corrected chi connectivity index (χ4v) is 2.23. The van der Waals surface area contributed by atoms with Crippen LogP contribution in [-0.2, 0) is 0 Å². The van der Waals surface area contributed by atoms with Crippen molar-refractivity contribution >= 4 is 29.7 Å². The second kappa shape index (κ2) is 8.68. The molecule has 3 rings (SSSR count). The van der Waals surface area contributed by atoms with Crippen molar-refractivity contribution < 1.29 is 14.3 Å². The summed E-state index contributed by atoms with van der Waals surface area (Å²) in [5.74, 6) is -0.595. The van der Waals surface area contributed by atoms with Crippen LogP contribution in [0.2, 0.25) is 5.02 Å². The summed E-state index contributed by atoms with van der Waals surface area (Å²) in [5.41, 5.74) is 3.58. The van der Waals surface area contributed by atoms with Crippen molar-refractivity contribution in [3.63, 3.8) is 0 Å². The van der Waals surface area contributed by atoms with Gasteiger partial charge in [-0.2, -0.15) is 5.10 Å². The first-order valence-corrected chi connectivity index (χ1v) is 8.17. The zero-order valence-electron chi connectivity index (χ0n) is 13.9. The number of nitrogens with zero attached hydrogens (tertiary/aromatic N) is 3. The summed E-state index contributed by atoms with van der Waals surface area (Å²) in [7, 11) is 0. The highest BCUT2D eigenvalue weighted by atomic mass is 35.5. The molecule has 0 fully saturated rings. The highest BCUT2D eigenvalue weighted by Crippen LogP contribution is 2.16. The molecule has 0 spiro atoms. The highest BCUT2D eigenvalue weighted by Gasteiger charge is 2.09. The molecule has 1 heterocycles. The van der Waals surface area contributed by atoms with E-state index < -0.39 is 11.9 Å². The lowest BCUT2D eigenvalue weighted by Gasteiger charge is -2.05. The molecule has 0 aliphatic carbocycles. The number of hydrazone groups is 1. The Morgan fingerprint density at radius 3 is 2.63 bits per heavy atom. The first-order valence-electron chi connectivity index (χ1n) is 7.79. The second-order valence-electron chi connectivity index (χ2n) is 5.26. The number of esters is 1. The largest absolute Gasteiger partial charge is 0.423 e. The van der Waals surface area contributed by atoms with Gasteiger partial charge in [0.25, 0.3) is 5.91 Å². The number of hydrogen-bond donors (Lipinski definition) is 1. The standard InChI is InChI=1S/C19H13ClN4O3/c20-15-3-1-2-14(10-15)19(26)27-16-6-4-13(5-7-16)11-23-24-18(25)17-12-21-8-9-22-17/h1-12H,(H,24,25)/b23-11+. The average Bonchev–Trinajstić information content (AvgIpc) is 2.70. The van der Waals surface area contributed by atoms with E-state index in [2.05, 4.69) is 20.5 Å². The van der Waals surface area contributed by atoms with Crippen molar-refractivity contribution in [3.8, 4) is 5.75 Å². The zero-order valence-corrected chi connectivity index (χ0v) is 14.6. The third-order valence-corrected chi connectivity index (χ3v) is 3.56. The van der Waals surface area contributed by atoms with Crippen molar-refractivity contribution in [1.29, 1.82) is 0 Å². The van der Waals surface area contributed by atoms with Gasteiger partial charge in [-0.15, -0.1) is 0 Å².